The van der Waals surface area contributed by atoms with Crippen molar-refractivity contribution in [2.24, 2.45) is 4.99 Å². The van der Waals surface area contributed by atoms with Gasteiger partial charge >= 0.3 is 5.97 Å². The molecular formula is C20H26N2O3S. The number of carbonyl (C=O) groups excluding carboxylic acids is 2. The maximum atomic E-state index is 12.6. The van der Waals surface area contributed by atoms with Gasteiger partial charge in [-0.25, -0.2) is 9.79 Å². The van der Waals surface area contributed by atoms with Gasteiger partial charge in [0.05, 0.1) is 23.9 Å². The summed E-state index contributed by atoms with van der Waals surface area (Å²) in [5.74, 6) is 0.310. The number of aliphatic imine (C=N–C) groups is 1. The molecule has 1 atom stereocenters. The molecule has 1 heterocycles. The van der Waals surface area contributed by atoms with Gasteiger partial charge < -0.3 is 4.74 Å². The van der Waals surface area contributed by atoms with Gasteiger partial charge in [0.15, 0.2) is 5.17 Å². The molecule has 0 bridgehead atoms. The summed E-state index contributed by atoms with van der Waals surface area (Å²) >= 11 is 1.56. The molecule has 5 nitrogen and oxygen atoms in total. The third kappa shape index (κ3) is 4.55. The number of hydrogen-bond acceptors (Lipinski definition) is 5. The highest BCUT2D eigenvalue weighted by Crippen LogP contribution is 2.38. The summed E-state index contributed by atoms with van der Waals surface area (Å²) in [5, 5.41) is 0.644. The second-order valence-electron chi connectivity index (χ2n) is 6.02. The van der Waals surface area contributed by atoms with Crippen molar-refractivity contribution in [3.8, 4) is 0 Å². The van der Waals surface area contributed by atoms with Crippen LogP contribution in [0.4, 0.5) is 0 Å². The lowest BCUT2D eigenvalue weighted by molar-refractivity contribution is -0.139. The van der Waals surface area contributed by atoms with E-state index in [1.807, 2.05) is 30.3 Å². The van der Waals surface area contributed by atoms with E-state index in [0.29, 0.717) is 16.4 Å². The first kappa shape index (κ1) is 20.2. The summed E-state index contributed by atoms with van der Waals surface area (Å²) in [6.07, 6.45) is 2.12. The highest BCUT2D eigenvalue weighted by molar-refractivity contribution is 8.13. The predicted molar refractivity (Wildman–Crippen MR) is 106 cm³/mol. The molecule has 1 aliphatic rings. The van der Waals surface area contributed by atoms with E-state index in [0.717, 1.165) is 24.2 Å². The number of hydrogen-bond donors (Lipinski definition) is 0. The van der Waals surface area contributed by atoms with Gasteiger partial charge in [0.25, 0.3) is 0 Å². The molecule has 0 radical (unpaired) electrons. The molecule has 140 valence electrons. The number of rotatable bonds is 6. The summed E-state index contributed by atoms with van der Waals surface area (Å²) in [6, 6.07) is 9.05. The molecule has 1 amide bonds. The number of ether oxygens (including phenoxy) is 1. The average molecular weight is 375 g/mol. The lowest BCUT2D eigenvalue weighted by Gasteiger charge is -2.36. The standard InChI is InChI=1S/C20H26N2O3S/c1-5-7-13-26-20-21-14(3)17(19(24)25-6-2)18(22(20)15(4)23)16-11-9-8-10-12-16/h8-12,18H,5-7,13H2,1-4H3/t18-/m0/s1. The van der Waals surface area contributed by atoms with E-state index >= 15 is 0 Å². The number of thioether (sulfide) groups is 1. The van der Waals surface area contributed by atoms with E-state index in [1.54, 1.807) is 30.5 Å². The van der Waals surface area contributed by atoms with Crippen LogP contribution in [0.2, 0.25) is 0 Å². The van der Waals surface area contributed by atoms with Crippen molar-refractivity contribution in [2.45, 2.75) is 46.6 Å². The molecule has 2 rings (SSSR count). The molecule has 0 spiro atoms. The first-order valence-corrected chi connectivity index (χ1v) is 9.93. The van der Waals surface area contributed by atoms with E-state index in [9.17, 15) is 9.59 Å². The van der Waals surface area contributed by atoms with E-state index in [4.69, 9.17) is 4.74 Å². The molecule has 0 aliphatic carbocycles. The maximum Gasteiger partial charge on any atom is 0.338 e. The Morgan fingerprint density at radius 2 is 1.92 bits per heavy atom. The van der Waals surface area contributed by atoms with Crippen molar-refractivity contribution in [2.75, 3.05) is 12.4 Å². The Hall–Kier alpha value is -2.08. The maximum absolute atomic E-state index is 12.6. The summed E-state index contributed by atoms with van der Waals surface area (Å²) in [4.78, 5) is 31.3. The quantitative estimate of drug-likeness (QED) is 0.550. The van der Waals surface area contributed by atoms with Crippen LogP contribution in [0.15, 0.2) is 46.6 Å². The minimum absolute atomic E-state index is 0.143. The number of nitrogens with zero attached hydrogens (tertiary/aromatic N) is 2. The summed E-state index contributed by atoms with van der Waals surface area (Å²) in [5.41, 5.74) is 1.90. The molecule has 0 saturated heterocycles. The number of benzene rings is 1. The van der Waals surface area contributed by atoms with Gasteiger partial charge in [0, 0.05) is 12.7 Å². The van der Waals surface area contributed by atoms with E-state index < -0.39 is 12.0 Å². The first-order valence-electron chi connectivity index (χ1n) is 8.95. The molecule has 26 heavy (non-hydrogen) atoms. The second kappa shape index (κ2) is 9.57. The zero-order valence-electron chi connectivity index (χ0n) is 15.8. The van der Waals surface area contributed by atoms with Crippen LogP contribution < -0.4 is 0 Å². The summed E-state index contributed by atoms with van der Waals surface area (Å²) in [7, 11) is 0. The molecule has 0 N–H and O–H groups in total. The largest absolute Gasteiger partial charge is 0.463 e. The Labute approximate surface area is 159 Å². The van der Waals surface area contributed by atoms with Crippen molar-refractivity contribution in [3.05, 3.63) is 47.2 Å². The summed E-state index contributed by atoms with van der Waals surface area (Å²) < 4.78 is 5.25. The molecule has 1 aliphatic heterocycles. The molecule has 6 heteroatoms. The zero-order valence-corrected chi connectivity index (χ0v) is 16.6. The Morgan fingerprint density at radius 1 is 1.23 bits per heavy atom. The van der Waals surface area contributed by atoms with Gasteiger partial charge in [-0.3, -0.25) is 9.69 Å². The van der Waals surface area contributed by atoms with Crippen LogP contribution in [-0.4, -0.2) is 34.3 Å². The number of allylic oxidation sites excluding steroid dienone is 1. The Balaban J connectivity index is 2.54. The fraction of sp³-hybridized carbons (Fsp3) is 0.450. The van der Waals surface area contributed by atoms with Crippen molar-refractivity contribution >= 4 is 28.8 Å². The van der Waals surface area contributed by atoms with Crippen LogP contribution in [0.1, 0.15) is 52.1 Å². The third-order valence-corrected chi connectivity index (χ3v) is 5.11. The lowest BCUT2D eigenvalue weighted by atomic mass is 9.94. The minimum atomic E-state index is -0.519. The normalized spacial score (nSPS) is 17.2. The average Bonchev–Trinajstić information content (AvgIpc) is 2.62. The summed E-state index contributed by atoms with van der Waals surface area (Å²) in [6.45, 7) is 7.49. The fourth-order valence-electron chi connectivity index (χ4n) is 2.84. The van der Waals surface area contributed by atoms with Gasteiger partial charge in [-0.2, -0.15) is 0 Å². The zero-order chi connectivity index (χ0) is 19.1. The van der Waals surface area contributed by atoms with Crippen molar-refractivity contribution < 1.29 is 14.3 Å². The number of esters is 1. The second-order valence-corrected chi connectivity index (χ2v) is 7.08. The van der Waals surface area contributed by atoms with Crippen molar-refractivity contribution in [1.82, 2.24) is 4.90 Å². The molecule has 1 aromatic carbocycles. The predicted octanol–water partition coefficient (Wildman–Crippen LogP) is 4.32. The van der Waals surface area contributed by atoms with Gasteiger partial charge in [-0.1, -0.05) is 55.4 Å². The molecule has 0 fully saturated rings. The van der Waals surface area contributed by atoms with Crippen LogP contribution in [0.5, 0.6) is 0 Å². The first-order chi connectivity index (χ1) is 12.5. The van der Waals surface area contributed by atoms with E-state index in [-0.39, 0.29) is 12.5 Å². The van der Waals surface area contributed by atoms with Crippen LogP contribution in [0.3, 0.4) is 0 Å². The monoisotopic (exact) mass is 374 g/mol. The van der Waals surface area contributed by atoms with Crippen LogP contribution in [0, 0.1) is 0 Å². The van der Waals surface area contributed by atoms with Crippen LogP contribution in [0.25, 0.3) is 0 Å². The van der Waals surface area contributed by atoms with Crippen LogP contribution >= 0.6 is 11.8 Å². The number of unbranched alkanes of at least 4 members (excludes halogenated alkanes) is 1. The Bertz CT molecular complexity index is 713. The van der Waals surface area contributed by atoms with Gasteiger partial charge in [-0.15, -0.1) is 0 Å². The SMILES string of the molecule is CCCCSC1=NC(C)=C(C(=O)OCC)[C@H](c2ccccc2)N1C(C)=O. The number of amidine groups is 1. The van der Waals surface area contributed by atoms with Gasteiger partial charge in [-0.05, 0) is 25.8 Å². The number of amides is 1. The molecule has 0 aromatic heterocycles. The fourth-order valence-corrected chi connectivity index (χ4v) is 4.03. The highest BCUT2D eigenvalue weighted by atomic mass is 32.2. The third-order valence-electron chi connectivity index (χ3n) is 4.07. The van der Waals surface area contributed by atoms with Crippen molar-refractivity contribution in [3.63, 3.8) is 0 Å². The van der Waals surface area contributed by atoms with Crippen molar-refractivity contribution in [1.29, 1.82) is 0 Å². The topological polar surface area (TPSA) is 59.0 Å². The van der Waals surface area contributed by atoms with E-state index in [2.05, 4.69) is 11.9 Å². The van der Waals surface area contributed by atoms with Crippen LogP contribution in [-0.2, 0) is 14.3 Å². The lowest BCUT2D eigenvalue weighted by Crippen LogP contribution is -2.42. The Morgan fingerprint density at radius 3 is 2.50 bits per heavy atom. The minimum Gasteiger partial charge on any atom is -0.463 e. The highest BCUT2D eigenvalue weighted by Gasteiger charge is 2.38. The molecular weight excluding hydrogens is 348 g/mol. The van der Waals surface area contributed by atoms with Gasteiger partial charge in [0.1, 0.15) is 0 Å². The smallest absolute Gasteiger partial charge is 0.338 e. The van der Waals surface area contributed by atoms with E-state index in [1.165, 1.54) is 6.92 Å². The molecule has 0 unspecified atom stereocenters. The molecule has 0 saturated carbocycles. The Kier molecular flexibility index (Phi) is 7.45. The van der Waals surface area contributed by atoms with Gasteiger partial charge in [0.2, 0.25) is 5.91 Å². The molecule has 1 aromatic rings. The number of carbonyl (C=O) groups is 2.